The summed E-state index contributed by atoms with van der Waals surface area (Å²) in [5.74, 6) is 0.0140. The molecule has 0 atom stereocenters. The van der Waals surface area contributed by atoms with Gasteiger partial charge in [-0.1, -0.05) is 11.8 Å². The standard InChI is InChI=1S/C14H12N4O3S.Na/c19-12(20)9-22-14-17-16-13(10-3-5-15-6-4-10)18(14)8-11-2-1-7-21-11;/h1-7H,8-9H2,(H,19,20);/q;+1/p-1. The van der Waals surface area contributed by atoms with Gasteiger partial charge in [0.15, 0.2) is 11.0 Å². The maximum Gasteiger partial charge on any atom is 1.00 e. The van der Waals surface area contributed by atoms with E-state index in [2.05, 4.69) is 15.2 Å². The largest absolute Gasteiger partial charge is 1.00 e. The molecule has 23 heavy (non-hydrogen) atoms. The Kier molecular flexibility index (Phi) is 6.40. The van der Waals surface area contributed by atoms with Gasteiger partial charge in [0.25, 0.3) is 0 Å². The first-order chi connectivity index (χ1) is 10.7. The summed E-state index contributed by atoms with van der Waals surface area (Å²) in [7, 11) is 0. The van der Waals surface area contributed by atoms with Gasteiger partial charge in [-0.3, -0.25) is 9.55 Å². The van der Waals surface area contributed by atoms with Crippen LogP contribution < -0.4 is 34.7 Å². The van der Waals surface area contributed by atoms with E-state index in [1.165, 1.54) is 0 Å². The van der Waals surface area contributed by atoms with E-state index in [-0.39, 0.29) is 35.3 Å². The molecule has 0 bridgehead atoms. The average molecular weight is 338 g/mol. The molecular formula is C14H11N4NaO3S. The molecule has 0 N–H and O–H groups in total. The molecular weight excluding hydrogens is 327 g/mol. The molecule has 3 rings (SSSR count). The molecule has 3 heterocycles. The van der Waals surface area contributed by atoms with Crippen molar-refractivity contribution >= 4 is 17.7 Å². The molecule has 0 unspecified atom stereocenters. The molecule has 3 aromatic heterocycles. The molecule has 0 saturated carbocycles. The summed E-state index contributed by atoms with van der Waals surface area (Å²) in [6.45, 7) is 0.410. The van der Waals surface area contributed by atoms with E-state index in [9.17, 15) is 9.90 Å². The quantitative estimate of drug-likeness (QED) is 0.373. The maximum atomic E-state index is 10.7. The first-order valence-electron chi connectivity index (χ1n) is 6.42. The van der Waals surface area contributed by atoms with Crippen molar-refractivity contribution in [2.75, 3.05) is 5.75 Å². The Balaban J connectivity index is 0.00000192. The van der Waals surface area contributed by atoms with E-state index in [1.54, 1.807) is 24.7 Å². The molecule has 0 amide bonds. The van der Waals surface area contributed by atoms with Gasteiger partial charge in [0.1, 0.15) is 5.76 Å². The van der Waals surface area contributed by atoms with Crippen molar-refractivity contribution in [1.29, 1.82) is 0 Å². The average Bonchev–Trinajstić information content (AvgIpc) is 3.16. The zero-order valence-electron chi connectivity index (χ0n) is 12.4. The zero-order chi connectivity index (χ0) is 15.4. The third kappa shape index (κ3) is 4.44. The molecule has 0 saturated heterocycles. The summed E-state index contributed by atoms with van der Waals surface area (Å²) in [4.78, 5) is 14.6. The zero-order valence-corrected chi connectivity index (χ0v) is 15.2. The molecule has 0 aromatic carbocycles. The molecule has 0 radical (unpaired) electrons. The number of aliphatic carboxylic acids is 1. The second-order valence-corrected chi connectivity index (χ2v) is 5.31. The molecule has 3 aromatic rings. The van der Waals surface area contributed by atoms with Gasteiger partial charge in [-0.2, -0.15) is 0 Å². The summed E-state index contributed by atoms with van der Waals surface area (Å²) < 4.78 is 7.16. The first-order valence-corrected chi connectivity index (χ1v) is 7.41. The number of carboxylic acid groups (broad SMARTS) is 1. The van der Waals surface area contributed by atoms with Crippen molar-refractivity contribution in [2.24, 2.45) is 0 Å². The third-order valence-corrected chi connectivity index (χ3v) is 3.81. The molecule has 0 aliphatic heterocycles. The van der Waals surface area contributed by atoms with Crippen molar-refractivity contribution in [3.05, 3.63) is 48.7 Å². The number of carbonyl (C=O) groups is 1. The number of nitrogens with zero attached hydrogens (tertiary/aromatic N) is 4. The maximum absolute atomic E-state index is 10.7. The smallest absolute Gasteiger partial charge is 0.549 e. The van der Waals surface area contributed by atoms with Crippen LogP contribution in [0.1, 0.15) is 5.76 Å². The van der Waals surface area contributed by atoms with E-state index in [0.29, 0.717) is 17.5 Å². The topological polar surface area (TPSA) is 96.9 Å². The number of hydrogen-bond acceptors (Lipinski definition) is 7. The fourth-order valence-electron chi connectivity index (χ4n) is 1.93. The van der Waals surface area contributed by atoms with Crippen molar-refractivity contribution in [2.45, 2.75) is 11.7 Å². The van der Waals surface area contributed by atoms with Gasteiger partial charge < -0.3 is 14.3 Å². The van der Waals surface area contributed by atoms with Crippen molar-refractivity contribution in [1.82, 2.24) is 19.7 Å². The van der Waals surface area contributed by atoms with Gasteiger partial charge in [0.2, 0.25) is 0 Å². The van der Waals surface area contributed by atoms with Crippen LogP contribution in [0.2, 0.25) is 0 Å². The Morgan fingerprint density at radius 2 is 2.04 bits per heavy atom. The minimum atomic E-state index is -1.15. The monoisotopic (exact) mass is 338 g/mol. The second-order valence-electron chi connectivity index (χ2n) is 4.37. The van der Waals surface area contributed by atoms with Crippen LogP contribution in [0.5, 0.6) is 0 Å². The molecule has 9 heteroatoms. The van der Waals surface area contributed by atoms with E-state index in [0.717, 1.165) is 23.1 Å². The van der Waals surface area contributed by atoms with Gasteiger partial charge in [0.05, 0.1) is 18.8 Å². The molecule has 7 nitrogen and oxygen atoms in total. The first kappa shape index (κ1) is 17.7. The number of aromatic nitrogens is 4. The van der Waals surface area contributed by atoms with E-state index < -0.39 is 5.97 Å². The Hall–Kier alpha value is -1.61. The SMILES string of the molecule is O=C([O-])CSc1nnc(-c2ccncc2)n1Cc1ccco1.[Na+]. The van der Waals surface area contributed by atoms with Crippen molar-refractivity contribution in [3.63, 3.8) is 0 Å². The third-order valence-electron chi connectivity index (χ3n) is 2.87. The van der Waals surface area contributed by atoms with E-state index >= 15 is 0 Å². The Morgan fingerprint density at radius 1 is 1.26 bits per heavy atom. The number of pyridine rings is 1. The van der Waals surface area contributed by atoms with Gasteiger partial charge in [-0.25, -0.2) is 0 Å². The van der Waals surface area contributed by atoms with E-state index in [1.807, 2.05) is 22.8 Å². The number of carbonyl (C=O) groups excluding carboxylic acids is 1. The van der Waals surface area contributed by atoms with Gasteiger partial charge in [-0.15, -0.1) is 10.2 Å². The van der Waals surface area contributed by atoms with Crippen LogP contribution in [-0.2, 0) is 11.3 Å². The molecule has 112 valence electrons. The van der Waals surface area contributed by atoms with Gasteiger partial charge >= 0.3 is 29.6 Å². The second kappa shape index (κ2) is 8.30. The molecule has 0 aliphatic rings. The van der Waals surface area contributed by atoms with Gasteiger partial charge in [0, 0.05) is 23.7 Å². The summed E-state index contributed by atoms with van der Waals surface area (Å²) in [5, 5.41) is 19.4. The van der Waals surface area contributed by atoms with Crippen LogP contribution in [-0.4, -0.2) is 31.5 Å². The minimum absolute atomic E-state index is 0. The van der Waals surface area contributed by atoms with Gasteiger partial charge in [-0.05, 0) is 24.3 Å². The predicted octanol–water partition coefficient (Wildman–Crippen LogP) is -2.17. The van der Waals surface area contributed by atoms with Crippen LogP contribution in [0.15, 0.2) is 52.5 Å². The van der Waals surface area contributed by atoms with Crippen LogP contribution >= 0.6 is 11.8 Å². The number of thioether (sulfide) groups is 1. The number of hydrogen-bond donors (Lipinski definition) is 0. The number of rotatable bonds is 6. The Labute approximate surface area is 158 Å². The summed E-state index contributed by atoms with van der Waals surface area (Å²) in [5.41, 5.74) is 0.842. The Bertz CT molecular complexity index is 762. The van der Waals surface area contributed by atoms with Crippen LogP contribution in [0.25, 0.3) is 11.4 Å². The fraction of sp³-hybridized carbons (Fsp3) is 0.143. The normalized spacial score (nSPS) is 10.3. The summed E-state index contributed by atoms with van der Waals surface area (Å²) in [6.07, 6.45) is 4.91. The summed E-state index contributed by atoms with van der Waals surface area (Å²) in [6, 6.07) is 7.26. The predicted molar refractivity (Wildman–Crippen MR) is 76.8 cm³/mol. The number of carboxylic acids is 1. The van der Waals surface area contributed by atoms with Crippen LogP contribution in [0.4, 0.5) is 0 Å². The molecule has 0 spiro atoms. The van der Waals surface area contributed by atoms with Crippen molar-refractivity contribution in [3.8, 4) is 11.4 Å². The van der Waals surface area contributed by atoms with Crippen LogP contribution in [0.3, 0.4) is 0 Å². The minimum Gasteiger partial charge on any atom is -0.549 e. The van der Waals surface area contributed by atoms with Crippen molar-refractivity contribution < 1.29 is 43.9 Å². The summed E-state index contributed by atoms with van der Waals surface area (Å²) >= 11 is 1.06. The van der Waals surface area contributed by atoms with Crippen LogP contribution in [0, 0.1) is 0 Å². The molecule has 0 fully saturated rings. The van der Waals surface area contributed by atoms with E-state index in [4.69, 9.17) is 4.42 Å². The Morgan fingerprint density at radius 3 is 2.70 bits per heavy atom. The number of furan rings is 1. The molecule has 0 aliphatic carbocycles. The fourth-order valence-corrected chi connectivity index (χ4v) is 2.59.